The molecule has 0 heterocycles. The Balaban J connectivity index is 2.08. The van der Waals surface area contributed by atoms with Crippen LogP contribution in [0.25, 0.3) is 0 Å². The van der Waals surface area contributed by atoms with Crippen molar-refractivity contribution in [3.63, 3.8) is 0 Å². The minimum absolute atomic E-state index is 0.311. The fourth-order valence-electron chi connectivity index (χ4n) is 2.62. The summed E-state index contributed by atoms with van der Waals surface area (Å²) in [7, 11) is -3.57. The summed E-state index contributed by atoms with van der Waals surface area (Å²) in [5.41, 5.74) is 1.30. The van der Waals surface area contributed by atoms with Crippen LogP contribution in [0.1, 0.15) is 38.8 Å². The second-order valence-electron chi connectivity index (χ2n) is 7.15. The highest BCUT2D eigenvalue weighted by Gasteiger charge is 2.23. The molecule has 0 saturated heterocycles. The number of ether oxygens (including phenoxy) is 1. The van der Waals surface area contributed by atoms with Crippen LogP contribution in [0, 0.1) is 0 Å². The first-order valence-electron chi connectivity index (χ1n) is 8.75. The van der Waals surface area contributed by atoms with Gasteiger partial charge < -0.3 is 10.1 Å². The van der Waals surface area contributed by atoms with Crippen molar-refractivity contribution < 1.29 is 13.2 Å². The maximum Gasteiger partial charge on any atom is 0.241 e. The van der Waals surface area contributed by atoms with E-state index in [1.54, 1.807) is 12.1 Å². The molecule has 6 heteroatoms. The lowest BCUT2D eigenvalue weighted by Crippen LogP contribution is -2.40. The Bertz CT molecular complexity index is 827. The van der Waals surface area contributed by atoms with Crippen molar-refractivity contribution in [1.82, 2.24) is 10.0 Å². The van der Waals surface area contributed by atoms with Gasteiger partial charge in [0.1, 0.15) is 5.75 Å². The molecule has 0 spiro atoms. The fraction of sp³-hybridized carbons (Fsp3) is 0.400. The number of hydrogen-bond donors (Lipinski definition) is 2. The second kappa shape index (κ2) is 8.66. The monoisotopic (exact) mass is 376 g/mol. The highest BCUT2D eigenvalue weighted by Crippen LogP contribution is 2.18. The highest BCUT2D eigenvalue weighted by atomic mass is 32.2. The van der Waals surface area contributed by atoms with E-state index in [-0.39, 0.29) is 0 Å². The van der Waals surface area contributed by atoms with Gasteiger partial charge in [0, 0.05) is 18.6 Å². The van der Waals surface area contributed by atoms with Crippen LogP contribution in [-0.4, -0.2) is 20.6 Å². The lowest BCUT2D eigenvalue weighted by atomic mass is 10.1. The van der Waals surface area contributed by atoms with Crippen LogP contribution in [0.15, 0.2) is 53.4 Å². The first kappa shape index (κ1) is 20.4. The zero-order valence-electron chi connectivity index (χ0n) is 15.9. The topological polar surface area (TPSA) is 67.4 Å². The van der Waals surface area contributed by atoms with Crippen LogP contribution in [0.4, 0.5) is 0 Å². The van der Waals surface area contributed by atoms with Gasteiger partial charge in [-0.25, -0.2) is 13.1 Å². The summed E-state index contributed by atoms with van der Waals surface area (Å²) in [6.07, 6.45) is 0. The zero-order chi connectivity index (χ0) is 19.2. The molecule has 0 aliphatic rings. The van der Waals surface area contributed by atoms with E-state index < -0.39 is 15.6 Å². The van der Waals surface area contributed by atoms with Crippen LogP contribution in [0.2, 0.25) is 0 Å². The summed E-state index contributed by atoms with van der Waals surface area (Å²) in [4.78, 5) is 0.311. The van der Waals surface area contributed by atoms with Crippen LogP contribution in [0.3, 0.4) is 0 Å². The molecule has 0 aliphatic carbocycles. The molecule has 0 amide bonds. The third kappa shape index (κ3) is 6.12. The van der Waals surface area contributed by atoms with E-state index in [1.807, 2.05) is 64.1 Å². The molecule has 2 aromatic carbocycles. The molecule has 26 heavy (non-hydrogen) atoms. The number of rotatable bonds is 8. The molecule has 0 fully saturated rings. The minimum Gasteiger partial charge on any atom is -0.494 e. The second-order valence-corrected chi connectivity index (χ2v) is 8.80. The first-order chi connectivity index (χ1) is 12.2. The molecule has 0 unspecified atom stereocenters. The van der Waals surface area contributed by atoms with Crippen molar-refractivity contribution in [1.29, 1.82) is 0 Å². The molecule has 0 bridgehead atoms. The van der Waals surface area contributed by atoms with Gasteiger partial charge in [0.25, 0.3) is 0 Å². The van der Waals surface area contributed by atoms with Gasteiger partial charge in [0.2, 0.25) is 10.0 Å². The SMILES string of the molecule is CCOc1cccc(CNCc2ccccc2S(=O)(=O)NC(C)(C)C)c1. The molecule has 0 radical (unpaired) electrons. The Morgan fingerprint density at radius 1 is 1.00 bits per heavy atom. The molecular formula is C20H28N2O3S. The Kier molecular flexibility index (Phi) is 6.81. The quantitative estimate of drug-likeness (QED) is 0.740. The third-order valence-electron chi connectivity index (χ3n) is 3.56. The maximum atomic E-state index is 12.7. The van der Waals surface area contributed by atoms with E-state index in [4.69, 9.17) is 4.74 Å². The maximum absolute atomic E-state index is 12.7. The van der Waals surface area contributed by atoms with E-state index in [1.165, 1.54) is 0 Å². The first-order valence-corrected chi connectivity index (χ1v) is 10.2. The largest absolute Gasteiger partial charge is 0.494 e. The number of benzene rings is 2. The smallest absolute Gasteiger partial charge is 0.241 e. The fourth-order valence-corrected chi connectivity index (χ4v) is 4.28. The summed E-state index contributed by atoms with van der Waals surface area (Å²) in [6, 6.07) is 14.9. The molecule has 0 aromatic heterocycles. The molecule has 0 aliphatic heterocycles. The van der Waals surface area contributed by atoms with Crippen LogP contribution in [-0.2, 0) is 23.1 Å². The van der Waals surface area contributed by atoms with Gasteiger partial charge in [-0.05, 0) is 57.0 Å². The van der Waals surface area contributed by atoms with Crippen LogP contribution < -0.4 is 14.8 Å². The average molecular weight is 377 g/mol. The average Bonchev–Trinajstić information content (AvgIpc) is 2.54. The van der Waals surface area contributed by atoms with Crippen molar-refractivity contribution in [3.05, 3.63) is 59.7 Å². The van der Waals surface area contributed by atoms with Crippen molar-refractivity contribution >= 4 is 10.0 Å². The zero-order valence-corrected chi connectivity index (χ0v) is 16.7. The van der Waals surface area contributed by atoms with E-state index in [0.717, 1.165) is 16.9 Å². The molecule has 0 atom stereocenters. The van der Waals surface area contributed by atoms with Gasteiger partial charge in [-0.3, -0.25) is 0 Å². The van der Waals surface area contributed by atoms with Gasteiger partial charge in [-0.15, -0.1) is 0 Å². The van der Waals surface area contributed by atoms with Gasteiger partial charge >= 0.3 is 0 Å². The molecule has 2 N–H and O–H groups in total. The standard InChI is InChI=1S/C20H28N2O3S/c1-5-25-18-11-8-9-16(13-18)14-21-15-17-10-6-7-12-19(17)26(23,24)22-20(2,3)4/h6-13,21-22H,5,14-15H2,1-4H3. The van der Waals surface area contributed by atoms with Crippen molar-refractivity contribution in [2.24, 2.45) is 0 Å². The molecular weight excluding hydrogens is 348 g/mol. The molecule has 142 valence electrons. The Morgan fingerprint density at radius 3 is 2.42 bits per heavy atom. The summed E-state index contributed by atoms with van der Waals surface area (Å²) in [5.74, 6) is 0.837. The van der Waals surface area contributed by atoms with Crippen molar-refractivity contribution in [2.75, 3.05) is 6.61 Å². The highest BCUT2D eigenvalue weighted by molar-refractivity contribution is 7.89. The van der Waals surface area contributed by atoms with E-state index in [9.17, 15) is 8.42 Å². The van der Waals surface area contributed by atoms with Gasteiger partial charge in [-0.1, -0.05) is 30.3 Å². The van der Waals surface area contributed by atoms with Crippen LogP contribution >= 0.6 is 0 Å². The predicted octanol–water partition coefficient (Wildman–Crippen LogP) is 3.45. The molecule has 2 rings (SSSR count). The van der Waals surface area contributed by atoms with Gasteiger partial charge in [-0.2, -0.15) is 0 Å². The molecule has 5 nitrogen and oxygen atoms in total. The van der Waals surface area contributed by atoms with E-state index in [0.29, 0.717) is 24.6 Å². The summed E-state index contributed by atoms with van der Waals surface area (Å²) in [6.45, 7) is 9.16. The summed E-state index contributed by atoms with van der Waals surface area (Å²) in [5, 5.41) is 3.31. The Morgan fingerprint density at radius 2 is 1.73 bits per heavy atom. The van der Waals surface area contributed by atoms with Crippen LogP contribution in [0.5, 0.6) is 5.75 Å². The lowest BCUT2D eigenvalue weighted by Gasteiger charge is -2.21. The summed E-state index contributed by atoms with van der Waals surface area (Å²) >= 11 is 0. The van der Waals surface area contributed by atoms with E-state index >= 15 is 0 Å². The lowest BCUT2D eigenvalue weighted by molar-refractivity contribution is 0.340. The molecule has 2 aromatic rings. The number of hydrogen-bond acceptors (Lipinski definition) is 4. The number of nitrogens with one attached hydrogen (secondary N) is 2. The predicted molar refractivity (Wildman–Crippen MR) is 105 cm³/mol. The van der Waals surface area contributed by atoms with Gasteiger partial charge in [0.15, 0.2) is 0 Å². The van der Waals surface area contributed by atoms with E-state index in [2.05, 4.69) is 10.0 Å². The Hall–Kier alpha value is -1.89. The Labute approximate surface area is 156 Å². The van der Waals surface area contributed by atoms with Crippen molar-refractivity contribution in [3.8, 4) is 5.75 Å². The van der Waals surface area contributed by atoms with Crippen molar-refractivity contribution in [2.45, 2.75) is 51.2 Å². The normalized spacial score (nSPS) is 12.2. The third-order valence-corrected chi connectivity index (χ3v) is 5.42. The summed E-state index contributed by atoms with van der Waals surface area (Å²) < 4.78 is 33.5. The number of sulfonamides is 1. The van der Waals surface area contributed by atoms with Gasteiger partial charge in [0.05, 0.1) is 11.5 Å². The molecule has 0 saturated carbocycles. The minimum atomic E-state index is -3.57.